The molecule has 1 aliphatic rings. The molecule has 2 heterocycles. The second kappa shape index (κ2) is 7.84. The van der Waals surface area contributed by atoms with Gasteiger partial charge in [0.1, 0.15) is 26.5 Å². The molecule has 0 unspecified atom stereocenters. The molecule has 0 spiro atoms. The first-order valence-electron chi connectivity index (χ1n) is 8.51. The van der Waals surface area contributed by atoms with Gasteiger partial charge in [-0.25, -0.2) is 26.8 Å². The van der Waals surface area contributed by atoms with Gasteiger partial charge in [0, 0.05) is 25.5 Å². The summed E-state index contributed by atoms with van der Waals surface area (Å²) < 4.78 is 53.0. The molecule has 160 valence electrons. The Balaban J connectivity index is 2.02. The highest BCUT2D eigenvalue weighted by atomic mass is 35.5. The van der Waals surface area contributed by atoms with Crippen molar-refractivity contribution in [1.82, 2.24) is 14.3 Å². The third-order valence-electron chi connectivity index (χ3n) is 4.83. The summed E-state index contributed by atoms with van der Waals surface area (Å²) in [6.45, 7) is -0.715. The number of hydrogen-bond acceptors (Lipinski definition) is 9. The molecule has 2 aromatic rings. The normalized spacial score (nSPS) is 22.7. The van der Waals surface area contributed by atoms with Gasteiger partial charge in [-0.3, -0.25) is 0 Å². The van der Waals surface area contributed by atoms with Gasteiger partial charge in [0.05, 0.1) is 23.3 Å². The lowest BCUT2D eigenvalue weighted by Crippen LogP contribution is -2.49. The lowest BCUT2D eigenvalue weighted by molar-refractivity contribution is 0.00159. The Morgan fingerprint density at radius 3 is 2.47 bits per heavy atom. The quantitative estimate of drug-likeness (QED) is 0.604. The molecule has 1 saturated heterocycles. The van der Waals surface area contributed by atoms with Crippen LogP contribution in [-0.2, 0) is 19.9 Å². The number of nitrogens with zero attached hydrogens (tertiary/aromatic N) is 4. The Morgan fingerprint density at radius 2 is 1.93 bits per heavy atom. The van der Waals surface area contributed by atoms with Crippen LogP contribution in [0.25, 0.3) is 0 Å². The Kier molecular flexibility index (Phi) is 5.89. The van der Waals surface area contributed by atoms with Crippen molar-refractivity contribution in [3.05, 3.63) is 47.0 Å². The highest BCUT2D eigenvalue weighted by Crippen LogP contribution is 2.35. The summed E-state index contributed by atoms with van der Waals surface area (Å²) >= 11 is 6.01. The summed E-state index contributed by atoms with van der Waals surface area (Å²) in [7, 11) is -8.62. The van der Waals surface area contributed by atoms with Crippen LogP contribution in [-0.4, -0.2) is 71.9 Å². The minimum Gasteiger partial charge on any atom is -0.393 e. The number of nitriles is 1. The molecule has 1 fully saturated rings. The summed E-state index contributed by atoms with van der Waals surface area (Å²) in [5.41, 5.74) is -2.11. The smallest absolute Gasteiger partial charge is 0.244 e. The summed E-state index contributed by atoms with van der Waals surface area (Å²) in [5.74, 6) is 0.331. The molecule has 1 aromatic carbocycles. The number of hydrogen-bond donors (Lipinski definition) is 2. The van der Waals surface area contributed by atoms with E-state index in [1.165, 1.54) is 12.1 Å². The molecule has 0 aliphatic carbocycles. The van der Waals surface area contributed by atoms with Crippen molar-refractivity contribution in [2.24, 2.45) is 0 Å². The number of sulfone groups is 1. The van der Waals surface area contributed by atoms with Crippen molar-refractivity contribution in [2.45, 2.75) is 27.6 Å². The van der Waals surface area contributed by atoms with Crippen molar-refractivity contribution < 1.29 is 27.0 Å². The van der Waals surface area contributed by atoms with Gasteiger partial charge in [-0.2, -0.15) is 9.57 Å². The zero-order chi connectivity index (χ0) is 22.3. The van der Waals surface area contributed by atoms with E-state index in [1.807, 2.05) is 6.07 Å². The Bertz CT molecular complexity index is 1230. The van der Waals surface area contributed by atoms with E-state index in [4.69, 9.17) is 16.9 Å². The van der Waals surface area contributed by atoms with E-state index in [-0.39, 0.29) is 20.4 Å². The van der Waals surface area contributed by atoms with Crippen molar-refractivity contribution in [3.8, 4) is 6.07 Å². The molecule has 1 aliphatic heterocycles. The average Bonchev–Trinajstić information content (AvgIpc) is 3.08. The third-order valence-corrected chi connectivity index (χ3v) is 9.33. The molecule has 3 rings (SSSR count). The first-order chi connectivity index (χ1) is 14.0. The molecular weight excluding hydrogens is 456 g/mol. The molecule has 1 aromatic heterocycles. The molecule has 2 atom stereocenters. The topological polar surface area (TPSA) is 162 Å². The zero-order valence-electron chi connectivity index (χ0n) is 15.6. The maximum Gasteiger partial charge on any atom is 0.244 e. The van der Waals surface area contributed by atoms with Gasteiger partial charge in [0.25, 0.3) is 0 Å². The molecule has 30 heavy (non-hydrogen) atoms. The van der Waals surface area contributed by atoms with Crippen LogP contribution in [0.5, 0.6) is 0 Å². The zero-order valence-corrected chi connectivity index (χ0v) is 18.0. The van der Waals surface area contributed by atoms with Crippen LogP contribution in [0.4, 0.5) is 0 Å². The SMILES string of the molecule is Cc1ncc(S(=O)(=O)[C@H]2CN(S(=O)(=O)c3ccc(C#N)cc3Cl)C[C@@]2(O)CO)cn1. The number of benzene rings is 1. The average molecular weight is 473 g/mol. The molecule has 0 bridgehead atoms. The van der Waals surface area contributed by atoms with Crippen molar-refractivity contribution >= 4 is 31.5 Å². The van der Waals surface area contributed by atoms with Gasteiger partial charge in [-0.05, 0) is 25.1 Å². The third kappa shape index (κ3) is 3.80. The van der Waals surface area contributed by atoms with Gasteiger partial charge in [-0.1, -0.05) is 11.6 Å². The fraction of sp³-hybridized carbons (Fsp3) is 0.353. The molecule has 0 radical (unpaired) electrons. The number of β-amino-alcohol motifs (C(OH)–C–C–N with tert-alkyl or cyclic N) is 1. The number of sulfonamides is 1. The van der Waals surface area contributed by atoms with Crippen LogP contribution in [0.3, 0.4) is 0 Å². The lowest BCUT2D eigenvalue weighted by Gasteiger charge is -2.26. The van der Waals surface area contributed by atoms with Gasteiger partial charge in [0.2, 0.25) is 10.0 Å². The molecule has 10 nitrogen and oxygen atoms in total. The number of aryl methyl sites for hydroxylation is 1. The molecule has 0 amide bonds. The Morgan fingerprint density at radius 1 is 1.30 bits per heavy atom. The van der Waals surface area contributed by atoms with E-state index >= 15 is 0 Å². The maximum atomic E-state index is 13.1. The number of aliphatic hydroxyl groups excluding tert-OH is 1. The second-order valence-corrected chi connectivity index (χ2v) is 11.3. The van der Waals surface area contributed by atoms with E-state index in [1.54, 1.807) is 6.92 Å². The van der Waals surface area contributed by atoms with E-state index in [0.717, 1.165) is 22.8 Å². The minimum absolute atomic E-state index is 0.145. The number of rotatable bonds is 5. The minimum atomic E-state index is -4.33. The maximum absolute atomic E-state index is 13.1. The predicted octanol–water partition coefficient (Wildman–Crippen LogP) is -0.120. The van der Waals surface area contributed by atoms with Crippen LogP contribution >= 0.6 is 11.6 Å². The molecule has 13 heteroatoms. The molecule has 0 saturated carbocycles. The summed E-state index contributed by atoms with van der Waals surface area (Å²) in [4.78, 5) is 7.00. The van der Waals surface area contributed by atoms with Crippen LogP contribution in [0.1, 0.15) is 11.4 Å². The summed E-state index contributed by atoms with van der Waals surface area (Å²) in [6.07, 6.45) is 2.12. The fourth-order valence-corrected chi connectivity index (χ4v) is 7.12. The Hall–Kier alpha value is -2.14. The number of halogens is 1. The lowest BCUT2D eigenvalue weighted by atomic mass is 10.1. The van der Waals surface area contributed by atoms with Crippen LogP contribution in [0.15, 0.2) is 40.4 Å². The fourth-order valence-electron chi connectivity index (χ4n) is 3.16. The van der Waals surface area contributed by atoms with E-state index in [0.29, 0.717) is 5.82 Å². The molecule has 2 N–H and O–H groups in total. The number of aliphatic hydroxyl groups is 2. The van der Waals surface area contributed by atoms with Crippen molar-refractivity contribution in [2.75, 3.05) is 19.7 Å². The first kappa shape index (κ1) is 22.5. The van der Waals surface area contributed by atoms with E-state index in [2.05, 4.69) is 9.97 Å². The largest absolute Gasteiger partial charge is 0.393 e. The van der Waals surface area contributed by atoms with Gasteiger partial charge >= 0.3 is 0 Å². The highest BCUT2D eigenvalue weighted by Gasteiger charge is 2.55. The van der Waals surface area contributed by atoms with Crippen LogP contribution < -0.4 is 0 Å². The standard InChI is InChI=1S/C17H17ClN4O6S2/c1-11-20-6-13(7-21-11)29(25,26)16-8-22(9-17(16,24)10-23)30(27,28)15-3-2-12(5-19)4-14(15)18/h2-4,6-7,16,23-24H,8-10H2,1H3/t16-,17+/m0/s1. The van der Waals surface area contributed by atoms with E-state index in [9.17, 15) is 27.0 Å². The summed E-state index contributed by atoms with van der Waals surface area (Å²) in [5, 5.41) is 27.5. The van der Waals surface area contributed by atoms with Crippen LogP contribution in [0, 0.1) is 18.3 Å². The monoisotopic (exact) mass is 472 g/mol. The second-order valence-electron chi connectivity index (χ2n) is 6.82. The van der Waals surface area contributed by atoms with Gasteiger partial charge in [-0.15, -0.1) is 0 Å². The highest BCUT2D eigenvalue weighted by molar-refractivity contribution is 7.92. The van der Waals surface area contributed by atoms with Crippen LogP contribution in [0.2, 0.25) is 5.02 Å². The van der Waals surface area contributed by atoms with Gasteiger partial charge < -0.3 is 10.2 Å². The predicted molar refractivity (Wildman–Crippen MR) is 105 cm³/mol. The Labute approximate surface area is 178 Å². The number of aromatic nitrogens is 2. The van der Waals surface area contributed by atoms with Crippen molar-refractivity contribution in [3.63, 3.8) is 0 Å². The van der Waals surface area contributed by atoms with Gasteiger partial charge in [0.15, 0.2) is 9.84 Å². The molecular formula is C17H17ClN4O6S2. The first-order valence-corrected chi connectivity index (χ1v) is 11.9. The van der Waals surface area contributed by atoms with Crippen molar-refractivity contribution in [1.29, 1.82) is 5.26 Å². The van der Waals surface area contributed by atoms with E-state index < -0.39 is 50.4 Å². The summed E-state index contributed by atoms with van der Waals surface area (Å²) in [6, 6.07) is 5.38.